The molecule has 1 aromatic rings. The van der Waals surface area contributed by atoms with E-state index in [9.17, 15) is 4.79 Å². The first-order chi connectivity index (χ1) is 8.92. The van der Waals surface area contributed by atoms with E-state index in [2.05, 4.69) is 15.9 Å². The highest BCUT2D eigenvalue weighted by molar-refractivity contribution is 9.10. The number of carboxylic acid groups (broad SMARTS) is 1. The number of thiocarbonyl (C=S) groups is 1. The summed E-state index contributed by atoms with van der Waals surface area (Å²) in [4.78, 5) is 12.7. The van der Waals surface area contributed by atoms with E-state index in [0.29, 0.717) is 23.2 Å². The van der Waals surface area contributed by atoms with Crippen LogP contribution in [0.1, 0.15) is 10.4 Å². The van der Waals surface area contributed by atoms with Gasteiger partial charge in [-0.3, -0.25) is 0 Å². The number of methoxy groups -OCH3 is 1. The van der Waals surface area contributed by atoms with Gasteiger partial charge in [0.05, 0.1) is 12.8 Å². The summed E-state index contributed by atoms with van der Waals surface area (Å²) in [5, 5.41) is 9.23. The number of nitrogens with zero attached hydrogens (tertiary/aromatic N) is 1. The minimum atomic E-state index is -1.08. The third-order valence-electron chi connectivity index (χ3n) is 2.41. The van der Waals surface area contributed by atoms with Crippen LogP contribution in [-0.4, -0.2) is 36.4 Å². The van der Waals surface area contributed by atoms with Gasteiger partial charge in [-0.1, -0.05) is 0 Å². The molecule has 0 saturated carbocycles. The molecule has 19 heavy (non-hydrogen) atoms. The number of rotatable bonds is 5. The molecule has 0 spiro atoms. The van der Waals surface area contributed by atoms with E-state index in [1.165, 1.54) is 13.2 Å². The summed E-state index contributed by atoms with van der Waals surface area (Å²) >= 11 is 8.26. The number of hydrogen-bond donors (Lipinski definition) is 3. The van der Waals surface area contributed by atoms with Crippen LogP contribution in [0.25, 0.3) is 0 Å². The van der Waals surface area contributed by atoms with Crippen LogP contribution >= 0.6 is 28.1 Å². The van der Waals surface area contributed by atoms with E-state index in [4.69, 9.17) is 33.5 Å². The molecule has 0 aromatic heterocycles. The van der Waals surface area contributed by atoms with Crippen molar-refractivity contribution in [1.82, 2.24) is 0 Å². The number of nitrogens with two attached hydrogens (primary N) is 2. The normalized spacial score (nSPS) is 10.1. The van der Waals surface area contributed by atoms with E-state index in [0.717, 1.165) is 0 Å². The molecule has 0 aliphatic rings. The molecule has 0 radical (unpaired) electrons. The lowest BCUT2D eigenvalue weighted by Gasteiger charge is -2.24. The molecule has 0 aliphatic carbocycles. The zero-order valence-electron chi connectivity index (χ0n) is 10.2. The van der Waals surface area contributed by atoms with Gasteiger partial charge in [-0.2, -0.15) is 0 Å². The number of ether oxygens (including phenoxy) is 1. The van der Waals surface area contributed by atoms with E-state index in [1.807, 2.05) is 0 Å². The van der Waals surface area contributed by atoms with Gasteiger partial charge in [0.15, 0.2) is 5.11 Å². The number of anilines is 1. The van der Waals surface area contributed by atoms with Crippen molar-refractivity contribution in [2.75, 3.05) is 25.1 Å². The number of carbonyl (C=O) groups is 1. The first kappa shape index (κ1) is 15.7. The fourth-order valence-corrected chi connectivity index (χ4v) is 2.31. The Hall–Kier alpha value is -1.38. The molecule has 0 saturated heterocycles. The average Bonchev–Trinajstić information content (AvgIpc) is 2.35. The maximum atomic E-state index is 11.1. The molecule has 0 aliphatic heterocycles. The second-order valence-electron chi connectivity index (χ2n) is 3.59. The van der Waals surface area contributed by atoms with Gasteiger partial charge in [0.25, 0.3) is 0 Å². The zero-order chi connectivity index (χ0) is 14.6. The van der Waals surface area contributed by atoms with Crippen molar-refractivity contribution < 1.29 is 14.6 Å². The summed E-state index contributed by atoms with van der Waals surface area (Å²) in [7, 11) is 1.40. The van der Waals surface area contributed by atoms with Gasteiger partial charge in [0, 0.05) is 23.6 Å². The van der Waals surface area contributed by atoms with Gasteiger partial charge >= 0.3 is 5.97 Å². The number of carboxylic acids is 1. The molecule has 0 atom stereocenters. The van der Waals surface area contributed by atoms with E-state index in [-0.39, 0.29) is 16.4 Å². The van der Waals surface area contributed by atoms with Crippen molar-refractivity contribution in [2.24, 2.45) is 11.5 Å². The fraction of sp³-hybridized carbons (Fsp3) is 0.273. The number of hydrogen-bond acceptors (Lipinski definition) is 4. The monoisotopic (exact) mass is 347 g/mol. The van der Waals surface area contributed by atoms with E-state index < -0.39 is 5.97 Å². The minimum absolute atomic E-state index is 0.0498. The van der Waals surface area contributed by atoms with Gasteiger partial charge < -0.3 is 26.2 Å². The number of halogens is 1. The fourth-order valence-electron chi connectivity index (χ4n) is 1.56. The Bertz CT molecular complexity index is 510. The van der Waals surface area contributed by atoms with Gasteiger partial charge in [0.2, 0.25) is 0 Å². The van der Waals surface area contributed by atoms with Crippen LogP contribution in [0.5, 0.6) is 5.75 Å². The summed E-state index contributed by atoms with van der Waals surface area (Å²) < 4.78 is 5.61. The topological polar surface area (TPSA) is 102 Å². The molecular weight excluding hydrogens is 334 g/mol. The summed E-state index contributed by atoms with van der Waals surface area (Å²) in [6, 6.07) is 3.00. The Morgan fingerprint density at radius 2 is 2.21 bits per heavy atom. The van der Waals surface area contributed by atoms with Crippen LogP contribution in [0.3, 0.4) is 0 Å². The molecule has 8 heteroatoms. The van der Waals surface area contributed by atoms with Gasteiger partial charge in [-0.15, -0.1) is 0 Å². The number of benzene rings is 1. The zero-order valence-corrected chi connectivity index (χ0v) is 12.6. The molecule has 1 rings (SSSR count). The average molecular weight is 348 g/mol. The van der Waals surface area contributed by atoms with Crippen molar-refractivity contribution in [1.29, 1.82) is 0 Å². The van der Waals surface area contributed by atoms with Crippen molar-refractivity contribution in [3.63, 3.8) is 0 Å². The molecule has 0 unspecified atom stereocenters. The molecule has 1 aromatic carbocycles. The van der Waals surface area contributed by atoms with Crippen LogP contribution < -0.4 is 21.1 Å². The number of aromatic carboxylic acids is 1. The Morgan fingerprint density at radius 1 is 1.58 bits per heavy atom. The van der Waals surface area contributed by atoms with Crippen LogP contribution in [0.15, 0.2) is 16.6 Å². The standard InChI is InChI=1S/C11H14BrN3O3S/c1-18-9-5-8(15(3-2-13)11(14)19)7(12)4-6(9)10(16)17/h4-5H,2-3,13H2,1H3,(H2,14,19)(H,16,17). The van der Waals surface area contributed by atoms with Crippen LogP contribution in [0.2, 0.25) is 0 Å². The molecule has 6 nitrogen and oxygen atoms in total. The highest BCUT2D eigenvalue weighted by Crippen LogP contribution is 2.33. The molecule has 0 heterocycles. The Kier molecular flexibility index (Phi) is 5.52. The third-order valence-corrected chi connectivity index (χ3v) is 3.26. The molecule has 0 fully saturated rings. The molecular formula is C11H14BrN3O3S. The summed E-state index contributed by atoms with van der Waals surface area (Å²) in [5.74, 6) is -0.853. The summed E-state index contributed by atoms with van der Waals surface area (Å²) in [6.45, 7) is 0.774. The van der Waals surface area contributed by atoms with Crippen molar-refractivity contribution in [2.45, 2.75) is 0 Å². The lowest BCUT2D eigenvalue weighted by Crippen LogP contribution is -2.39. The molecule has 104 valence electrons. The summed E-state index contributed by atoms with van der Waals surface area (Å²) in [6.07, 6.45) is 0. The Balaban J connectivity index is 3.35. The predicted octanol–water partition coefficient (Wildman–Crippen LogP) is 1.16. The van der Waals surface area contributed by atoms with Gasteiger partial charge in [-0.05, 0) is 34.2 Å². The van der Waals surface area contributed by atoms with E-state index in [1.54, 1.807) is 11.0 Å². The first-order valence-corrected chi connectivity index (χ1v) is 6.50. The van der Waals surface area contributed by atoms with Crippen LogP contribution in [-0.2, 0) is 0 Å². The second kappa shape index (κ2) is 6.69. The van der Waals surface area contributed by atoms with E-state index >= 15 is 0 Å². The Labute approximate surface area is 124 Å². The molecule has 5 N–H and O–H groups in total. The van der Waals surface area contributed by atoms with Crippen molar-refractivity contribution in [3.8, 4) is 5.75 Å². The SMILES string of the molecule is COc1cc(N(CCN)C(N)=S)c(Br)cc1C(=O)O. The summed E-state index contributed by atoms with van der Waals surface area (Å²) in [5.41, 5.74) is 11.8. The van der Waals surface area contributed by atoms with Crippen LogP contribution in [0, 0.1) is 0 Å². The maximum absolute atomic E-state index is 11.1. The minimum Gasteiger partial charge on any atom is -0.496 e. The van der Waals surface area contributed by atoms with Crippen molar-refractivity contribution >= 4 is 44.9 Å². The highest BCUT2D eigenvalue weighted by Gasteiger charge is 2.19. The van der Waals surface area contributed by atoms with Gasteiger partial charge in [-0.25, -0.2) is 4.79 Å². The lowest BCUT2D eigenvalue weighted by atomic mass is 10.1. The largest absolute Gasteiger partial charge is 0.496 e. The maximum Gasteiger partial charge on any atom is 0.339 e. The lowest BCUT2D eigenvalue weighted by molar-refractivity contribution is 0.0693. The Morgan fingerprint density at radius 3 is 2.63 bits per heavy atom. The molecule has 0 amide bonds. The van der Waals surface area contributed by atoms with Gasteiger partial charge in [0.1, 0.15) is 11.3 Å². The molecule has 0 bridgehead atoms. The van der Waals surface area contributed by atoms with Crippen LogP contribution in [0.4, 0.5) is 5.69 Å². The highest BCUT2D eigenvalue weighted by atomic mass is 79.9. The first-order valence-electron chi connectivity index (χ1n) is 5.30. The predicted molar refractivity (Wildman–Crippen MR) is 80.8 cm³/mol. The second-order valence-corrected chi connectivity index (χ2v) is 4.86. The quantitative estimate of drug-likeness (QED) is 0.687. The third kappa shape index (κ3) is 3.55. The van der Waals surface area contributed by atoms with Crippen molar-refractivity contribution in [3.05, 3.63) is 22.2 Å². The smallest absolute Gasteiger partial charge is 0.339 e.